The van der Waals surface area contributed by atoms with Crippen LogP contribution in [0.1, 0.15) is 5.56 Å². The number of anilines is 2. The molecular formula is C23H21FN6O. The highest BCUT2D eigenvalue weighted by Gasteiger charge is 2.20. The van der Waals surface area contributed by atoms with Crippen LogP contribution in [-0.4, -0.2) is 45.7 Å². The van der Waals surface area contributed by atoms with Gasteiger partial charge in [-0.05, 0) is 42.0 Å². The molecule has 0 amide bonds. The lowest BCUT2D eigenvalue weighted by Crippen LogP contribution is -2.47. The molecule has 156 valence electrons. The largest absolute Gasteiger partial charge is 0.368 e. The Bertz CT molecular complexity index is 1250. The summed E-state index contributed by atoms with van der Waals surface area (Å²) in [7, 11) is 0. The van der Waals surface area contributed by atoms with Crippen molar-refractivity contribution in [2.24, 2.45) is 0 Å². The Morgan fingerprint density at radius 3 is 2.45 bits per heavy atom. The van der Waals surface area contributed by atoms with Gasteiger partial charge < -0.3 is 14.4 Å². The standard InChI is InChI=1S/C23H21FN6O/c24-18-3-5-19(6-4-18)28-10-12-29(13-11-28)23-26-15-20-21(27-23)7-9-30(22(20)31)16-17-2-1-8-25-14-17/h1-9,14-15H,10-13,16H2. The molecule has 0 spiro atoms. The van der Waals surface area contributed by atoms with Crippen LogP contribution in [0.25, 0.3) is 10.9 Å². The minimum Gasteiger partial charge on any atom is -0.368 e. The van der Waals surface area contributed by atoms with Crippen molar-refractivity contribution in [1.82, 2.24) is 19.5 Å². The maximum Gasteiger partial charge on any atom is 0.261 e. The predicted molar refractivity (Wildman–Crippen MR) is 118 cm³/mol. The molecule has 1 fully saturated rings. The number of rotatable bonds is 4. The van der Waals surface area contributed by atoms with Gasteiger partial charge in [0.1, 0.15) is 5.82 Å². The average Bonchev–Trinajstić information content (AvgIpc) is 2.82. The van der Waals surface area contributed by atoms with Crippen molar-refractivity contribution in [2.45, 2.75) is 6.54 Å². The minimum atomic E-state index is -0.230. The SMILES string of the molecule is O=c1c2cnc(N3CCN(c4ccc(F)cc4)CC3)nc2ccn1Cc1cccnc1. The van der Waals surface area contributed by atoms with Gasteiger partial charge in [0, 0.05) is 56.7 Å². The third kappa shape index (κ3) is 3.96. The maximum atomic E-state index is 13.2. The highest BCUT2D eigenvalue weighted by atomic mass is 19.1. The first kappa shape index (κ1) is 19.2. The van der Waals surface area contributed by atoms with E-state index in [4.69, 9.17) is 0 Å². The van der Waals surface area contributed by atoms with Gasteiger partial charge in [-0.2, -0.15) is 0 Å². The first-order valence-electron chi connectivity index (χ1n) is 10.2. The van der Waals surface area contributed by atoms with E-state index in [1.165, 1.54) is 12.1 Å². The van der Waals surface area contributed by atoms with Crippen LogP contribution in [-0.2, 0) is 6.54 Å². The second-order valence-electron chi connectivity index (χ2n) is 7.53. The maximum absolute atomic E-state index is 13.2. The van der Waals surface area contributed by atoms with E-state index >= 15 is 0 Å². The van der Waals surface area contributed by atoms with Gasteiger partial charge >= 0.3 is 0 Å². The number of piperazine rings is 1. The molecule has 0 atom stereocenters. The minimum absolute atomic E-state index is 0.117. The molecule has 1 saturated heterocycles. The molecule has 7 nitrogen and oxygen atoms in total. The third-order valence-electron chi connectivity index (χ3n) is 5.54. The number of benzene rings is 1. The molecule has 1 aromatic carbocycles. The van der Waals surface area contributed by atoms with Gasteiger partial charge in [-0.1, -0.05) is 6.07 Å². The van der Waals surface area contributed by atoms with Gasteiger partial charge in [-0.3, -0.25) is 9.78 Å². The third-order valence-corrected chi connectivity index (χ3v) is 5.54. The summed E-state index contributed by atoms with van der Waals surface area (Å²) in [5.74, 6) is 0.391. The Kier molecular flexibility index (Phi) is 5.03. The van der Waals surface area contributed by atoms with Crippen LogP contribution in [0.15, 0.2) is 72.0 Å². The molecule has 5 rings (SSSR count). The van der Waals surface area contributed by atoms with E-state index < -0.39 is 0 Å². The van der Waals surface area contributed by atoms with Crippen molar-refractivity contribution >= 4 is 22.5 Å². The zero-order valence-electron chi connectivity index (χ0n) is 16.9. The smallest absolute Gasteiger partial charge is 0.261 e. The summed E-state index contributed by atoms with van der Waals surface area (Å²) in [6.07, 6.45) is 6.84. The van der Waals surface area contributed by atoms with Gasteiger partial charge in [0.25, 0.3) is 5.56 Å². The number of halogens is 1. The zero-order chi connectivity index (χ0) is 21.2. The molecule has 4 aromatic rings. The molecule has 4 heterocycles. The number of hydrogen-bond acceptors (Lipinski definition) is 6. The monoisotopic (exact) mass is 416 g/mol. The van der Waals surface area contributed by atoms with Crippen LogP contribution >= 0.6 is 0 Å². The lowest BCUT2D eigenvalue weighted by atomic mass is 10.2. The van der Waals surface area contributed by atoms with Crippen LogP contribution in [0.5, 0.6) is 0 Å². The first-order valence-corrected chi connectivity index (χ1v) is 10.2. The predicted octanol–water partition coefficient (Wildman–Crippen LogP) is 2.70. The summed E-state index contributed by atoms with van der Waals surface area (Å²) in [6.45, 7) is 3.54. The normalized spacial score (nSPS) is 14.2. The quantitative estimate of drug-likeness (QED) is 0.510. The number of hydrogen-bond donors (Lipinski definition) is 0. The Labute approximate surface area is 178 Å². The molecule has 8 heteroatoms. The number of aromatic nitrogens is 4. The second kappa shape index (κ2) is 8.14. The van der Waals surface area contributed by atoms with Crippen LogP contribution in [0.4, 0.5) is 16.0 Å². The van der Waals surface area contributed by atoms with E-state index in [1.54, 1.807) is 41.5 Å². The van der Waals surface area contributed by atoms with Crippen LogP contribution in [0, 0.1) is 5.82 Å². The first-order chi connectivity index (χ1) is 15.2. The Hall–Kier alpha value is -3.81. The number of pyridine rings is 2. The van der Waals surface area contributed by atoms with Crippen molar-refractivity contribution in [2.75, 3.05) is 36.0 Å². The summed E-state index contributed by atoms with van der Waals surface area (Å²) < 4.78 is 14.8. The summed E-state index contributed by atoms with van der Waals surface area (Å²) in [5.41, 5.74) is 2.49. The van der Waals surface area contributed by atoms with Gasteiger partial charge in [-0.25, -0.2) is 14.4 Å². The molecule has 0 unspecified atom stereocenters. The summed E-state index contributed by atoms with van der Waals surface area (Å²) in [6, 6.07) is 12.2. The van der Waals surface area contributed by atoms with E-state index in [0.717, 1.165) is 37.4 Å². The van der Waals surface area contributed by atoms with Crippen molar-refractivity contribution in [3.05, 3.63) is 89.0 Å². The van der Waals surface area contributed by atoms with Crippen LogP contribution in [0.3, 0.4) is 0 Å². The topological polar surface area (TPSA) is 67.2 Å². The van der Waals surface area contributed by atoms with Gasteiger partial charge in [0.15, 0.2) is 0 Å². The van der Waals surface area contributed by atoms with E-state index in [9.17, 15) is 9.18 Å². The van der Waals surface area contributed by atoms with Crippen LogP contribution < -0.4 is 15.4 Å². The molecule has 0 saturated carbocycles. The van der Waals surface area contributed by atoms with E-state index in [2.05, 4.69) is 24.8 Å². The van der Waals surface area contributed by atoms with Crippen LogP contribution in [0.2, 0.25) is 0 Å². The molecule has 3 aromatic heterocycles. The highest BCUT2D eigenvalue weighted by Crippen LogP contribution is 2.19. The van der Waals surface area contributed by atoms with E-state index in [0.29, 0.717) is 23.4 Å². The molecular weight excluding hydrogens is 395 g/mol. The van der Waals surface area contributed by atoms with Gasteiger partial charge in [0.05, 0.1) is 17.4 Å². The van der Waals surface area contributed by atoms with E-state index in [1.807, 2.05) is 18.2 Å². The second-order valence-corrected chi connectivity index (χ2v) is 7.53. The zero-order valence-corrected chi connectivity index (χ0v) is 16.9. The number of nitrogens with zero attached hydrogens (tertiary/aromatic N) is 6. The van der Waals surface area contributed by atoms with Crippen molar-refractivity contribution in [3.8, 4) is 0 Å². The molecule has 1 aliphatic heterocycles. The molecule has 0 aliphatic carbocycles. The van der Waals surface area contributed by atoms with Crippen molar-refractivity contribution in [3.63, 3.8) is 0 Å². The molecule has 0 N–H and O–H groups in total. The van der Waals surface area contributed by atoms with E-state index in [-0.39, 0.29) is 11.4 Å². The lowest BCUT2D eigenvalue weighted by Gasteiger charge is -2.36. The fourth-order valence-electron chi connectivity index (χ4n) is 3.84. The Morgan fingerprint density at radius 2 is 1.71 bits per heavy atom. The van der Waals surface area contributed by atoms with Gasteiger partial charge in [-0.15, -0.1) is 0 Å². The fourth-order valence-corrected chi connectivity index (χ4v) is 3.84. The highest BCUT2D eigenvalue weighted by molar-refractivity contribution is 5.77. The fraction of sp³-hybridized carbons (Fsp3) is 0.217. The Balaban J connectivity index is 1.33. The van der Waals surface area contributed by atoms with Crippen molar-refractivity contribution in [1.29, 1.82) is 0 Å². The van der Waals surface area contributed by atoms with Crippen molar-refractivity contribution < 1.29 is 4.39 Å². The molecule has 0 radical (unpaired) electrons. The summed E-state index contributed by atoms with van der Waals surface area (Å²) in [5, 5.41) is 0.500. The summed E-state index contributed by atoms with van der Waals surface area (Å²) in [4.78, 5) is 30.4. The average molecular weight is 416 g/mol. The molecule has 0 bridgehead atoms. The Morgan fingerprint density at radius 1 is 0.935 bits per heavy atom. The summed E-state index contributed by atoms with van der Waals surface area (Å²) >= 11 is 0. The number of fused-ring (bicyclic) bond motifs is 1. The van der Waals surface area contributed by atoms with Gasteiger partial charge in [0.2, 0.25) is 5.95 Å². The molecule has 1 aliphatic rings. The molecule has 31 heavy (non-hydrogen) atoms. The lowest BCUT2D eigenvalue weighted by molar-refractivity contribution is 0.623.